The fourth-order valence-corrected chi connectivity index (χ4v) is 4.68. The van der Waals surface area contributed by atoms with E-state index < -0.39 is 0 Å². The van der Waals surface area contributed by atoms with E-state index in [4.69, 9.17) is 0 Å². The van der Waals surface area contributed by atoms with Crippen LogP contribution in [0, 0.1) is 23.1 Å². The zero-order valence-electron chi connectivity index (χ0n) is 18.7. The molecule has 170 valence electrons. The molecule has 0 unspecified atom stereocenters. The number of nitrogens with zero attached hydrogens (tertiary/aromatic N) is 2. The number of nitriles is 1. The Kier molecular flexibility index (Phi) is 6.11. The van der Waals surface area contributed by atoms with E-state index in [9.17, 15) is 14.4 Å². The molecule has 0 bridgehead atoms. The van der Waals surface area contributed by atoms with Crippen LogP contribution in [-0.2, 0) is 6.54 Å². The molecule has 0 radical (unpaired) electrons. The lowest BCUT2D eigenvalue weighted by Crippen LogP contribution is -2.39. The number of carbonyl (C=O) groups is 1. The molecule has 3 aromatic carbocycles. The highest BCUT2D eigenvalue weighted by atomic mass is 19.1. The SMILES string of the molecule is N#C[C@H]1C[C@H](CNC(=O)c2cc3ccc(-c4ccc(F)cc4)cc3[nH]2)N(Cc2ccccc2)C1. The molecule has 5 nitrogen and oxygen atoms in total. The molecule has 4 aromatic rings. The molecule has 34 heavy (non-hydrogen) atoms. The van der Waals surface area contributed by atoms with Gasteiger partial charge in [-0.1, -0.05) is 54.6 Å². The summed E-state index contributed by atoms with van der Waals surface area (Å²) >= 11 is 0. The molecule has 1 aromatic heterocycles. The van der Waals surface area contributed by atoms with Crippen molar-refractivity contribution >= 4 is 16.8 Å². The second-order valence-corrected chi connectivity index (χ2v) is 8.83. The maximum atomic E-state index is 13.2. The minimum Gasteiger partial charge on any atom is -0.351 e. The van der Waals surface area contributed by atoms with Gasteiger partial charge in [0.1, 0.15) is 11.5 Å². The Morgan fingerprint density at radius 3 is 2.59 bits per heavy atom. The van der Waals surface area contributed by atoms with Crippen LogP contribution < -0.4 is 5.32 Å². The predicted molar refractivity (Wildman–Crippen MR) is 130 cm³/mol. The van der Waals surface area contributed by atoms with Gasteiger partial charge in [0.25, 0.3) is 5.91 Å². The predicted octanol–water partition coefficient (Wildman–Crippen LogP) is 5.12. The fraction of sp³-hybridized carbons (Fsp3) is 0.214. The molecule has 1 aliphatic heterocycles. The van der Waals surface area contributed by atoms with E-state index in [2.05, 4.69) is 33.4 Å². The highest BCUT2D eigenvalue weighted by molar-refractivity contribution is 5.98. The molecule has 1 fully saturated rings. The monoisotopic (exact) mass is 452 g/mol. The fourth-order valence-electron chi connectivity index (χ4n) is 4.68. The molecule has 2 atom stereocenters. The molecule has 5 rings (SSSR count). The van der Waals surface area contributed by atoms with Crippen molar-refractivity contribution in [3.05, 3.63) is 95.9 Å². The Bertz CT molecular complexity index is 1340. The van der Waals surface area contributed by atoms with Crippen molar-refractivity contribution in [1.82, 2.24) is 15.2 Å². The van der Waals surface area contributed by atoms with Gasteiger partial charge in [-0.05, 0) is 47.4 Å². The normalized spacial score (nSPS) is 18.1. The molecular weight excluding hydrogens is 427 g/mol. The summed E-state index contributed by atoms with van der Waals surface area (Å²) in [7, 11) is 0. The number of hydrogen-bond acceptors (Lipinski definition) is 3. The average molecular weight is 453 g/mol. The number of aromatic amines is 1. The zero-order valence-corrected chi connectivity index (χ0v) is 18.7. The summed E-state index contributed by atoms with van der Waals surface area (Å²) in [5, 5.41) is 13.4. The smallest absolute Gasteiger partial charge is 0.267 e. The largest absolute Gasteiger partial charge is 0.351 e. The van der Waals surface area contributed by atoms with Crippen molar-refractivity contribution < 1.29 is 9.18 Å². The number of nitrogens with one attached hydrogen (secondary N) is 2. The van der Waals surface area contributed by atoms with Crippen LogP contribution in [-0.4, -0.2) is 34.9 Å². The third-order valence-corrected chi connectivity index (χ3v) is 6.48. The van der Waals surface area contributed by atoms with Crippen molar-refractivity contribution in [3.8, 4) is 17.2 Å². The average Bonchev–Trinajstić information content (AvgIpc) is 3.47. The number of aromatic nitrogens is 1. The summed E-state index contributed by atoms with van der Waals surface area (Å²) < 4.78 is 13.2. The van der Waals surface area contributed by atoms with Gasteiger partial charge in [-0.2, -0.15) is 5.26 Å². The van der Waals surface area contributed by atoms with Gasteiger partial charge in [-0.3, -0.25) is 9.69 Å². The number of halogens is 1. The number of carbonyl (C=O) groups excluding carboxylic acids is 1. The summed E-state index contributed by atoms with van der Waals surface area (Å²) in [6.07, 6.45) is 0.747. The van der Waals surface area contributed by atoms with Gasteiger partial charge in [-0.15, -0.1) is 0 Å². The summed E-state index contributed by atoms with van der Waals surface area (Å²) in [4.78, 5) is 18.4. The number of rotatable bonds is 6. The van der Waals surface area contributed by atoms with Gasteiger partial charge < -0.3 is 10.3 Å². The van der Waals surface area contributed by atoms with Crippen LogP contribution in [0.1, 0.15) is 22.5 Å². The Morgan fingerprint density at radius 2 is 1.82 bits per heavy atom. The summed E-state index contributed by atoms with van der Waals surface area (Å²) in [5.74, 6) is -0.461. The van der Waals surface area contributed by atoms with Crippen LogP contribution in [0.3, 0.4) is 0 Å². The molecule has 6 heteroatoms. The quantitative estimate of drug-likeness (QED) is 0.427. The van der Waals surface area contributed by atoms with E-state index >= 15 is 0 Å². The van der Waals surface area contributed by atoms with Gasteiger partial charge >= 0.3 is 0 Å². The van der Waals surface area contributed by atoms with Crippen molar-refractivity contribution in [2.75, 3.05) is 13.1 Å². The van der Waals surface area contributed by atoms with Crippen LogP contribution in [0.2, 0.25) is 0 Å². The molecule has 1 saturated heterocycles. The third-order valence-electron chi connectivity index (χ3n) is 6.48. The van der Waals surface area contributed by atoms with Gasteiger partial charge in [-0.25, -0.2) is 4.39 Å². The minimum absolute atomic E-state index is 0.0245. The van der Waals surface area contributed by atoms with E-state index in [1.807, 2.05) is 42.5 Å². The van der Waals surface area contributed by atoms with Gasteiger partial charge in [0.2, 0.25) is 0 Å². The maximum Gasteiger partial charge on any atom is 0.267 e. The minimum atomic E-state index is -0.269. The number of H-pyrrole nitrogens is 1. The van der Waals surface area contributed by atoms with E-state index in [1.165, 1.54) is 17.7 Å². The number of hydrogen-bond donors (Lipinski definition) is 2. The van der Waals surface area contributed by atoms with Crippen molar-refractivity contribution in [3.63, 3.8) is 0 Å². The second kappa shape index (κ2) is 9.50. The van der Waals surface area contributed by atoms with E-state index in [1.54, 1.807) is 12.1 Å². The van der Waals surface area contributed by atoms with Crippen LogP contribution >= 0.6 is 0 Å². The van der Waals surface area contributed by atoms with Crippen molar-refractivity contribution in [2.45, 2.75) is 19.0 Å². The lowest BCUT2D eigenvalue weighted by molar-refractivity contribution is 0.0935. The first-order valence-electron chi connectivity index (χ1n) is 11.4. The summed E-state index contributed by atoms with van der Waals surface area (Å²) in [6, 6.07) is 26.8. The first-order valence-corrected chi connectivity index (χ1v) is 11.4. The maximum absolute atomic E-state index is 13.2. The van der Waals surface area contributed by atoms with Crippen LogP contribution in [0.5, 0.6) is 0 Å². The number of fused-ring (bicyclic) bond motifs is 1. The molecule has 0 saturated carbocycles. The molecule has 0 aliphatic carbocycles. The first kappa shape index (κ1) is 21.9. The van der Waals surface area contributed by atoms with E-state index in [0.29, 0.717) is 18.8 Å². The standard InChI is InChI=1S/C28H25FN4O/c29-24-10-8-21(9-11-24)22-6-7-23-14-27(32-26(23)13-22)28(34)31-16-25-12-20(15-30)18-33(25)17-19-4-2-1-3-5-19/h1-11,13-14,20,25,32H,12,16-18H2,(H,31,34)/t20-,25-/m1/s1. The molecule has 1 amide bonds. The zero-order chi connectivity index (χ0) is 23.5. The molecule has 0 spiro atoms. The van der Waals surface area contributed by atoms with Gasteiger partial charge in [0.15, 0.2) is 0 Å². The van der Waals surface area contributed by atoms with Gasteiger partial charge in [0.05, 0.1) is 12.0 Å². The van der Waals surface area contributed by atoms with Crippen LogP contribution in [0.25, 0.3) is 22.0 Å². The number of benzene rings is 3. The summed E-state index contributed by atoms with van der Waals surface area (Å²) in [6.45, 7) is 1.96. The lowest BCUT2D eigenvalue weighted by Gasteiger charge is -2.24. The molecule has 2 heterocycles. The van der Waals surface area contributed by atoms with Gasteiger partial charge in [0, 0.05) is 36.6 Å². The highest BCUT2D eigenvalue weighted by Crippen LogP contribution is 2.26. The number of amides is 1. The van der Waals surface area contributed by atoms with Crippen LogP contribution in [0.4, 0.5) is 4.39 Å². The third kappa shape index (κ3) is 4.70. The summed E-state index contributed by atoms with van der Waals surface area (Å²) in [5.41, 5.74) is 4.41. The number of likely N-dealkylation sites (tertiary alicyclic amines) is 1. The molecule has 2 N–H and O–H groups in total. The van der Waals surface area contributed by atoms with E-state index in [0.717, 1.165) is 35.0 Å². The Balaban J connectivity index is 1.27. The second-order valence-electron chi connectivity index (χ2n) is 8.83. The first-order chi connectivity index (χ1) is 16.6. The molecule has 1 aliphatic rings. The lowest BCUT2D eigenvalue weighted by atomic mass is 10.0. The van der Waals surface area contributed by atoms with Crippen molar-refractivity contribution in [2.24, 2.45) is 5.92 Å². The Hall–Kier alpha value is -3.95. The topological polar surface area (TPSA) is 71.9 Å². The van der Waals surface area contributed by atoms with Crippen molar-refractivity contribution in [1.29, 1.82) is 5.26 Å². The Labute approximate surface area is 197 Å². The highest BCUT2D eigenvalue weighted by Gasteiger charge is 2.32. The van der Waals surface area contributed by atoms with Crippen LogP contribution in [0.15, 0.2) is 78.9 Å². The molecular formula is C28H25FN4O. The Morgan fingerprint density at radius 1 is 1.06 bits per heavy atom. The van der Waals surface area contributed by atoms with E-state index in [-0.39, 0.29) is 23.7 Å².